The minimum Gasteiger partial charge on any atom is -0.481 e. The van der Waals surface area contributed by atoms with Gasteiger partial charge in [-0.1, -0.05) is 39.0 Å². The molecule has 1 atom stereocenters. The summed E-state index contributed by atoms with van der Waals surface area (Å²) >= 11 is 0. The molecular formula is C17H30O4. The van der Waals surface area contributed by atoms with E-state index in [9.17, 15) is 9.59 Å². The zero-order valence-electron chi connectivity index (χ0n) is 14.0. The van der Waals surface area contributed by atoms with Gasteiger partial charge in [0.2, 0.25) is 0 Å². The molecule has 0 saturated carbocycles. The first-order valence-electron chi connectivity index (χ1n) is 7.36. The van der Waals surface area contributed by atoms with Crippen molar-refractivity contribution in [2.24, 2.45) is 11.8 Å². The van der Waals surface area contributed by atoms with Gasteiger partial charge in [0.25, 0.3) is 0 Å². The van der Waals surface area contributed by atoms with E-state index < -0.39 is 5.97 Å². The molecule has 0 spiro atoms. The van der Waals surface area contributed by atoms with Crippen molar-refractivity contribution >= 4 is 11.9 Å². The summed E-state index contributed by atoms with van der Waals surface area (Å²) in [6.45, 7) is 13.5. The number of hydrogen-bond acceptors (Lipinski definition) is 3. The van der Waals surface area contributed by atoms with Crippen LogP contribution in [0.5, 0.6) is 0 Å². The van der Waals surface area contributed by atoms with Crippen LogP contribution in [0.25, 0.3) is 0 Å². The Morgan fingerprint density at radius 1 is 1.19 bits per heavy atom. The van der Waals surface area contributed by atoms with Crippen molar-refractivity contribution < 1.29 is 19.4 Å². The fourth-order valence-electron chi connectivity index (χ4n) is 1.22. The summed E-state index contributed by atoms with van der Waals surface area (Å²) in [6, 6.07) is 0. The average Bonchev–Trinajstić information content (AvgIpc) is 2.38. The second-order valence-electron chi connectivity index (χ2n) is 5.62. The molecule has 0 saturated heterocycles. The molecule has 4 nitrogen and oxygen atoms in total. The van der Waals surface area contributed by atoms with E-state index in [4.69, 9.17) is 9.84 Å². The predicted molar refractivity (Wildman–Crippen MR) is 86.1 cm³/mol. The molecule has 0 aliphatic heterocycles. The summed E-state index contributed by atoms with van der Waals surface area (Å²) in [5.74, 6) is -0.704. The molecule has 0 aliphatic rings. The van der Waals surface area contributed by atoms with E-state index in [2.05, 4.69) is 33.4 Å². The van der Waals surface area contributed by atoms with Crippen molar-refractivity contribution in [3.63, 3.8) is 0 Å². The van der Waals surface area contributed by atoms with Crippen LogP contribution in [-0.2, 0) is 14.3 Å². The highest BCUT2D eigenvalue weighted by molar-refractivity contribution is 5.81. The number of carboxylic acids is 1. The quantitative estimate of drug-likeness (QED) is 0.414. The largest absolute Gasteiger partial charge is 0.481 e. The lowest BCUT2D eigenvalue weighted by Crippen LogP contribution is -2.06. The summed E-state index contributed by atoms with van der Waals surface area (Å²) in [5, 5.41) is 7.99. The lowest BCUT2D eigenvalue weighted by Gasteiger charge is -2.09. The third kappa shape index (κ3) is 18.4. The van der Waals surface area contributed by atoms with Crippen LogP contribution < -0.4 is 0 Å². The van der Waals surface area contributed by atoms with Gasteiger partial charge in [0.15, 0.2) is 0 Å². The Balaban J connectivity index is 0. The van der Waals surface area contributed by atoms with Gasteiger partial charge in [-0.25, -0.2) is 4.79 Å². The van der Waals surface area contributed by atoms with Crippen molar-refractivity contribution in [2.45, 2.75) is 53.9 Å². The van der Waals surface area contributed by atoms with Crippen molar-refractivity contribution in [3.05, 3.63) is 24.3 Å². The zero-order chi connectivity index (χ0) is 16.8. The number of esters is 1. The van der Waals surface area contributed by atoms with Crippen molar-refractivity contribution in [2.75, 3.05) is 6.61 Å². The standard InChI is InChI=1S/C13H22O2.C4H8O2/c1-5-13(14)15-10-9-12(4)8-6-7-11(2)3;1-3(2)4(5)6/h5,7,12H,1,6,8-10H2,2-4H3;3H,1-2H3,(H,5,6). The summed E-state index contributed by atoms with van der Waals surface area (Å²) < 4.78 is 4.92. The maximum atomic E-state index is 10.7. The molecule has 0 aromatic rings. The molecule has 0 heterocycles. The van der Waals surface area contributed by atoms with Gasteiger partial charge >= 0.3 is 11.9 Å². The third-order valence-electron chi connectivity index (χ3n) is 2.73. The van der Waals surface area contributed by atoms with Crippen LogP contribution in [0.3, 0.4) is 0 Å². The second kappa shape index (κ2) is 13.4. The summed E-state index contributed by atoms with van der Waals surface area (Å²) in [7, 11) is 0. The van der Waals surface area contributed by atoms with Crippen LogP contribution in [0.2, 0.25) is 0 Å². The normalized spacial score (nSPS) is 11.0. The molecule has 0 aromatic heterocycles. The molecule has 0 radical (unpaired) electrons. The molecule has 1 N–H and O–H groups in total. The Morgan fingerprint density at radius 2 is 1.71 bits per heavy atom. The lowest BCUT2D eigenvalue weighted by atomic mass is 10.0. The van der Waals surface area contributed by atoms with Crippen LogP contribution >= 0.6 is 0 Å². The number of ether oxygens (including phenoxy) is 1. The first-order valence-corrected chi connectivity index (χ1v) is 7.36. The van der Waals surface area contributed by atoms with E-state index in [0.717, 1.165) is 19.3 Å². The molecule has 1 unspecified atom stereocenters. The van der Waals surface area contributed by atoms with Crippen LogP contribution in [0.1, 0.15) is 53.9 Å². The van der Waals surface area contributed by atoms with Crippen LogP contribution in [0.15, 0.2) is 24.3 Å². The van der Waals surface area contributed by atoms with E-state index in [1.165, 1.54) is 11.6 Å². The van der Waals surface area contributed by atoms with E-state index in [-0.39, 0.29) is 11.9 Å². The number of carboxylic acid groups (broad SMARTS) is 1. The van der Waals surface area contributed by atoms with Gasteiger partial charge in [-0.05, 0) is 39.0 Å². The lowest BCUT2D eigenvalue weighted by molar-refractivity contribution is -0.140. The molecule has 0 fully saturated rings. The zero-order valence-corrected chi connectivity index (χ0v) is 14.0. The molecule has 0 aliphatic carbocycles. The highest BCUT2D eigenvalue weighted by Crippen LogP contribution is 2.11. The van der Waals surface area contributed by atoms with E-state index in [0.29, 0.717) is 12.5 Å². The smallest absolute Gasteiger partial charge is 0.330 e. The topological polar surface area (TPSA) is 63.6 Å². The van der Waals surface area contributed by atoms with Gasteiger partial charge in [-0.15, -0.1) is 0 Å². The summed E-state index contributed by atoms with van der Waals surface area (Å²) in [6.07, 6.45) is 6.63. The highest BCUT2D eigenvalue weighted by Gasteiger charge is 2.02. The summed E-state index contributed by atoms with van der Waals surface area (Å²) in [4.78, 5) is 20.4. The number of rotatable bonds is 8. The molecule has 21 heavy (non-hydrogen) atoms. The molecule has 122 valence electrons. The Kier molecular flexibility index (Phi) is 13.9. The molecular weight excluding hydrogens is 268 g/mol. The van der Waals surface area contributed by atoms with Crippen molar-refractivity contribution in [3.8, 4) is 0 Å². The Morgan fingerprint density at radius 3 is 2.10 bits per heavy atom. The monoisotopic (exact) mass is 298 g/mol. The Labute approximate surface area is 128 Å². The SMILES string of the molecule is C=CC(=O)OCCC(C)CCC=C(C)C.CC(C)C(=O)O. The molecule has 0 amide bonds. The van der Waals surface area contributed by atoms with Crippen LogP contribution in [0.4, 0.5) is 0 Å². The van der Waals surface area contributed by atoms with Gasteiger partial charge in [0.1, 0.15) is 0 Å². The van der Waals surface area contributed by atoms with Gasteiger partial charge in [-0.3, -0.25) is 4.79 Å². The predicted octanol–water partition coefficient (Wildman–Crippen LogP) is 4.22. The number of carbonyl (C=O) groups excluding carboxylic acids is 1. The maximum Gasteiger partial charge on any atom is 0.330 e. The third-order valence-corrected chi connectivity index (χ3v) is 2.73. The molecule has 0 rings (SSSR count). The number of hydrogen-bond donors (Lipinski definition) is 1. The van der Waals surface area contributed by atoms with Gasteiger partial charge in [0, 0.05) is 6.08 Å². The first-order chi connectivity index (χ1) is 9.70. The van der Waals surface area contributed by atoms with Crippen LogP contribution in [-0.4, -0.2) is 23.7 Å². The van der Waals surface area contributed by atoms with Crippen molar-refractivity contribution in [1.29, 1.82) is 0 Å². The molecule has 0 bridgehead atoms. The molecule has 0 aromatic carbocycles. The van der Waals surface area contributed by atoms with Crippen molar-refractivity contribution in [1.82, 2.24) is 0 Å². The highest BCUT2D eigenvalue weighted by atomic mass is 16.5. The minimum absolute atomic E-state index is 0.231. The number of aliphatic carboxylic acids is 1. The van der Waals surface area contributed by atoms with Gasteiger partial charge in [0.05, 0.1) is 12.5 Å². The van der Waals surface area contributed by atoms with E-state index in [1.54, 1.807) is 13.8 Å². The number of carbonyl (C=O) groups is 2. The Bertz CT molecular complexity index is 339. The van der Waals surface area contributed by atoms with Crippen LogP contribution in [0, 0.1) is 11.8 Å². The maximum absolute atomic E-state index is 10.7. The average molecular weight is 298 g/mol. The minimum atomic E-state index is -0.741. The molecule has 4 heteroatoms. The first kappa shape index (κ1) is 21.7. The second-order valence-corrected chi connectivity index (χ2v) is 5.62. The van der Waals surface area contributed by atoms with E-state index >= 15 is 0 Å². The summed E-state index contributed by atoms with van der Waals surface area (Å²) in [5.41, 5.74) is 1.36. The van der Waals surface area contributed by atoms with Gasteiger partial charge < -0.3 is 9.84 Å². The van der Waals surface area contributed by atoms with E-state index in [1.807, 2.05) is 0 Å². The fraction of sp³-hybridized carbons (Fsp3) is 0.647. The number of allylic oxidation sites excluding steroid dienone is 2. The van der Waals surface area contributed by atoms with Gasteiger partial charge in [-0.2, -0.15) is 0 Å². The Hall–Kier alpha value is -1.58. The fourth-order valence-corrected chi connectivity index (χ4v) is 1.22.